The normalized spacial score (nSPS) is 32.1. The molecule has 52 heavy (non-hydrogen) atoms. The van der Waals surface area contributed by atoms with E-state index in [4.69, 9.17) is 0 Å². The molecule has 0 aromatic carbocycles. The molecule has 0 N–H and O–H groups in total. The monoisotopic (exact) mass is 735 g/mol. The molecule has 0 aromatic heterocycles. The van der Waals surface area contributed by atoms with Crippen LogP contribution >= 0.6 is 0 Å². The van der Waals surface area contributed by atoms with Crippen molar-refractivity contribution in [1.82, 2.24) is 0 Å². The molecule has 11 atom stereocenters. The van der Waals surface area contributed by atoms with Crippen molar-refractivity contribution in [2.75, 3.05) is 0 Å². The summed E-state index contributed by atoms with van der Waals surface area (Å²) in [6.07, 6.45) is 28.9. The lowest BCUT2D eigenvalue weighted by atomic mass is 9.42. The number of unbranched alkanes of at least 4 members (excludes halogenated alkanes) is 7. The lowest BCUT2D eigenvalue weighted by molar-refractivity contribution is -0.142. The van der Waals surface area contributed by atoms with Gasteiger partial charge in [-0.05, 0) is 115 Å². The van der Waals surface area contributed by atoms with Gasteiger partial charge in [-0.2, -0.15) is 0 Å². The second-order valence-electron chi connectivity index (χ2n) is 18.5. The largest absolute Gasteiger partial charge is 0.0683 e. The molecule has 0 radical (unpaired) electrons. The first-order valence-electron chi connectivity index (χ1n) is 24.8. The summed E-state index contributed by atoms with van der Waals surface area (Å²) in [5.41, 5.74) is 1.31. The number of rotatable bonds is 12. The highest BCUT2D eigenvalue weighted by atomic mass is 14.7. The van der Waals surface area contributed by atoms with Gasteiger partial charge in [-0.3, -0.25) is 0 Å². The van der Waals surface area contributed by atoms with Gasteiger partial charge in [0, 0.05) is 0 Å². The summed E-state index contributed by atoms with van der Waals surface area (Å²) in [7, 11) is 0. The van der Waals surface area contributed by atoms with E-state index < -0.39 is 0 Å². The van der Waals surface area contributed by atoms with Crippen LogP contribution < -0.4 is 0 Å². The predicted molar refractivity (Wildman–Crippen MR) is 246 cm³/mol. The van der Waals surface area contributed by atoms with Crippen LogP contribution in [0.5, 0.6) is 0 Å². The van der Waals surface area contributed by atoms with E-state index in [1.165, 1.54) is 109 Å². The third-order valence-electron chi connectivity index (χ3n) is 14.6. The molecule has 4 rings (SSSR count). The van der Waals surface area contributed by atoms with Gasteiger partial charge in [0.1, 0.15) is 0 Å². The summed E-state index contributed by atoms with van der Waals surface area (Å²) in [5, 5.41) is 0. The molecule has 0 spiro atoms. The Balaban J connectivity index is -0.000000901. The van der Waals surface area contributed by atoms with Gasteiger partial charge in [0.05, 0.1) is 0 Å². The van der Waals surface area contributed by atoms with Crippen molar-refractivity contribution in [2.24, 2.45) is 70.0 Å². The molecule has 11 unspecified atom stereocenters. The van der Waals surface area contributed by atoms with Gasteiger partial charge in [0.2, 0.25) is 0 Å². The van der Waals surface area contributed by atoms with Crippen LogP contribution in [0, 0.1) is 70.0 Å². The third kappa shape index (κ3) is 18.3. The van der Waals surface area contributed by atoms with Gasteiger partial charge in [-0.25, -0.2) is 0 Å². The number of hydrogen-bond donors (Lipinski definition) is 0. The maximum Gasteiger partial charge on any atom is -0.0264 e. The molecular formula is C52H110. The van der Waals surface area contributed by atoms with E-state index in [0.717, 1.165) is 59.2 Å². The molecule has 4 saturated carbocycles. The zero-order chi connectivity index (χ0) is 40.9. The van der Waals surface area contributed by atoms with Crippen LogP contribution in [-0.4, -0.2) is 0 Å². The maximum atomic E-state index is 2.76. The fourth-order valence-corrected chi connectivity index (χ4v) is 11.1. The van der Waals surface area contributed by atoms with E-state index in [9.17, 15) is 0 Å². The van der Waals surface area contributed by atoms with Crippen molar-refractivity contribution >= 4 is 0 Å². The van der Waals surface area contributed by atoms with Crippen LogP contribution in [-0.2, 0) is 0 Å². The molecule has 4 fully saturated rings. The summed E-state index contributed by atoms with van der Waals surface area (Å²) < 4.78 is 0. The lowest BCUT2D eigenvalue weighted by Crippen LogP contribution is -2.56. The topological polar surface area (TPSA) is 0 Å². The Morgan fingerprint density at radius 1 is 0.519 bits per heavy atom. The van der Waals surface area contributed by atoms with Gasteiger partial charge in [0.25, 0.3) is 0 Å². The highest BCUT2D eigenvalue weighted by Gasteiger charge is 2.62. The molecule has 0 amide bonds. The Hall–Kier alpha value is 0. The minimum Gasteiger partial charge on any atom is -0.0683 e. The molecule has 0 aliphatic heterocycles. The zero-order valence-electron chi connectivity index (χ0n) is 40.9. The molecule has 0 bridgehead atoms. The number of hydrogen-bond acceptors (Lipinski definition) is 0. The second kappa shape index (κ2) is 33.2. The third-order valence-corrected chi connectivity index (χ3v) is 14.6. The second-order valence-corrected chi connectivity index (χ2v) is 18.5. The van der Waals surface area contributed by atoms with Crippen molar-refractivity contribution < 1.29 is 0 Å². The van der Waals surface area contributed by atoms with E-state index in [1.807, 2.05) is 41.5 Å². The first-order chi connectivity index (χ1) is 24.8. The van der Waals surface area contributed by atoms with Crippen LogP contribution in [0.25, 0.3) is 0 Å². The standard InChI is InChI=1S/C30H54.C6H14.2C5H12.3C2H6/c1-19(2)21(4)9-10-22(5)25-11-12-26-28-23(6)18-24-17-20(3)13-15-29(24,7)27(28)14-16-30(25,26)8;1-3-5-6-4-2;2*1-3-5-4-2;3*1-2/h19-28H,9-18H2,1-8H3;3-6H2,1-2H3;2*3-5H2,1-2H3;3*1-2H3. The van der Waals surface area contributed by atoms with E-state index >= 15 is 0 Å². The quantitative estimate of drug-likeness (QED) is 0.175. The molecule has 0 heterocycles. The van der Waals surface area contributed by atoms with E-state index in [0.29, 0.717) is 10.8 Å². The maximum absolute atomic E-state index is 2.76. The Labute approximate surface area is 335 Å². The minimum atomic E-state index is 0.640. The molecule has 4 aliphatic carbocycles. The summed E-state index contributed by atoms with van der Waals surface area (Å²) in [4.78, 5) is 0. The van der Waals surface area contributed by atoms with E-state index in [2.05, 4.69) is 96.9 Å². The van der Waals surface area contributed by atoms with Crippen LogP contribution in [0.1, 0.15) is 267 Å². The van der Waals surface area contributed by atoms with Crippen LogP contribution in [0.3, 0.4) is 0 Å². The Kier molecular flexibility index (Phi) is 35.9. The summed E-state index contributed by atoms with van der Waals surface area (Å²) >= 11 is 0. The fourth-order valence-electron chi connectivity index (χ4n) is 11.1. The van der Waals surface area contributed by atoms with Gasteiger partial charge in [0.15, 0.2) is 0 Å². The van der Waals surface area contributed by atoms with Crippen molar-refractivity contribution in [3.05, 3.63) is 0 Å². The molecule has 0 aromatic rings. The molecule has 0 nitrogen and oxygen atoms in total. The molecule has 0 saturated heterocycles. The Morgan fingerprint density at radius 2 is 0.962 bits per heavy atom. The van der Waals surface area contributed by atoms with Crippen molar-refractivity contribution in [1.29, 1.82) is 0 Å². The minimum absolute atomic E-state index is 0.640. The Bertz CT molecular complexity index is 722. The molecule has 318 valence electrons. The number of fused-ring (bicyclic) bond motifs is 5. The van der Waals surface area contributed by atoms with Crippen LogP contribution in [0.2, 0.25) is 0 Å². The average molecular weight is 735 g/mol. The van der Waals surface area contributed by atoms with Gasteiger partial charge < -0.3 is 0 Å². The fraction of sp³-hybridized carbons (Fsp3) is 1.00. The Morgan fingerprint density at radius 3 is 1.38 bits per heavy atom. The first-order valence-corrected chi connectivity index (χ1v) is 24.8. The molecule has 0 heteroatoms. The average Bonchev–Trinajstić information content (AvgIpc) is 3.51. The smallest absolute Gasteiger partial charge is 0.0264 e. The SMILES string of the molecule is CC.CC.CC.CC1CCC2(C)C(C1)CC(C)C1C2CCC2(C)C(C(C)CCC(C)C(C)C)CCC12.CCCCC.CCCCC.CCCCCC. The van der Waals surface area contributed by atoms with Gasteiger partial charge >= 0.3 is 0 Å². The van der Waals surface area contributed by atoms with Crippen molar-refractivity contribution in [2.45, 2.75) is 267 Å². The van der Waals surface area contributed by atoms with Crippen LogP contribution in [0.4, 0.5) is 0 Å². The summed E-state index contributed by atoms with van der Waals surface area (Å²) in [5.74, 6) is 9.71. The molecule has 4 aliphatic rings. The highest BCUT2D eigenvalue weighted by molar-refractivity contribution is 5.10. The highest BCUT2D eigenvalue weighted by Crippen LogP contribution is 2.69. The van der Waals surface area contributed by atoms with E-state index in [-0.39, 0.29) is 0 Å². The van der Waals surface area contributed by atoms with Crippen molar-refractivity contribution in [3.63, 3.8) is 0 Å². The summed E-state index contributed by atoms with van der Waals surface area (Å²) in [6.45, 7) is 45.9. The lowest BCUT2D eigenvalue weighted by Gasteiger charge is -2.63. The first kappa shape index (κ1) is 56.3. The molecular weight excluding hydrogens is 625 g/mol. The van der Waals surface area contributed by atoms with Crippen molar-refractivity contribution in [3.8, 4) is 0 Å². The van der Waals surface area contributed by atoms with E-state index in [1.54, 1.807) is 19.3 Å². The summed E-state index contributed by atoms with van der Waals surface area (Å²) in [6, 6.07) is 0. The predicted octanol–water partition coefficient (Wildman–Crippen LogP) is 19.3. The van der Waals surface area contributed by atoms with Gasteiger partial charge in [-0.1, -0.05) is 222 Å². The van der Waals surface area contributed by atoms with Gasteiger partial charge in [-0.15, -0.1) is 0 Å². The zero-order valence-corrected chi connectivity index (χ0v) is 40.9. The van der Waals surface area contributed by atoms with Crippen LogP contribution in [0.15, 0.2) is 0 Å².